The first kappa shape index (κ1) is 37.9. The molecule has 0 atom stereocenters. The third kappa shape index (κ3) is 7.09. The Kier molecular flexibility index (Phi) is 9.38. The van der Waals surface area contributed by atoms with E-state index in [0.717, 1.165) is 78.0 Å². The van der Waals surface area contributed by atoms with Gasteiger partial charge in [0, 0.05) is 49.8 Å². The molecule has 12 aromatic rings. The standard InChI is InChI=1S/C59H38N6/c1-5-18-40(19-6-1)51-38-52(61-56(60-51)41-20-7-2-8-21-41)45-26-15-24-43(35-45)44-25-16-27-46(36-44)58-62-57(42-22-9-3-10-23-42)63-59(64-58)47-32-33-53-50(37-47)55-49-30-14-13-17-39(49)31-34-54(55)65(53)48-28-11-4-12-29-48/h1-38H. The van der Waals surface area contributed by atoms with Crippen LogP contribution in [0.5, 0.6) is 0 Å². The number of hydrogen-bond donors (Lipinski definition) is 0. The summed E-state index contributed by atoms with van der Waals surface area (Å²) in [5.41, 5.74) is 12.9. The number of nitrogens with zero attached hydrogens (tertiary/aromatic N) is 6. The fraction of sp³-hybridized carbons (Fsp3) is 0. The summed E-state index contributed by atoms with van der Waals surface area (Å²) in [5, 5.41) is 4.74. The topological polar surface area (TPSA) is 69.4 Å². The van der Waals surface area contributed by atoms with Crippen LogP contribution in [0.15, 0.2) is 231 Å². The smallest absolute Gasteiger partial charge is 0.164 e. The lowest BCUT2D eigenvalue weighted by Gasteiger charge is -2.12. The van der Waals surface area contributed by atoms with Crippen molar-refractivity contribution >= 4 is 32.6 Å². The summed E-state index contributed by atoms with van der Waals surface area (Å²) in [4.78, 5) is 25.6. The molecule has 3 aromatic heterocycles. The van der Waals surface area contributed by atoms with Crippen molar-refractivity contribution in [3.05, 3.63) is 231 Å². The largest absolute Gasteiger partial charge is 0.309 e. The SMILES string of the molecule is c1ccc(-c2cc(-c3cccc(-c4cccc(-c5nc(-c6ccccc6)nc(-c6ccc7c(c6)c6c8ccccc8ccc6n7-c6ccccc6)n5)c4)c3)nc(-c3ccccc3)n2)cc1. The minimum Gasteiger partial charge on any atom is -0.309 e. The maximum atomic E-state index is 5.24. The lowest BCUT2D eigenvalue weighted by molar-refractivity contribution is 1.07. The Morgan fingerprint density at radius 1 is 0.262 bits per heavy atom. The van der Waals surface area contributed by atoms with Gasteiger partial charge < -0.3 is 4.57 Å². The van der Waals surface area contributed by atoms with Gasteiger partial charge in [-0.25, -0.2) is 24.9 Å². The van der Waals surface area contributed by atoms with E-state index in [1.807, 2.05) is 66.7 Å². The molecule has 0 amide bonds. The van der Waals surface area contributed by atoms with Crippen LogP contribution in [0.4, 0.5) is 0 Å². The number of fused-ring (bicyclic) bond motifs is 5. The predicted molar refractivity (Wildman–Crippen MR) is 265 cm³/mol. The summed E-state index contributed by atoms with van der Waals surface area (Å²) in [6, 6.07) is 79.9. The molecule has 304 valence electrons. The molecule has 0 bridgehead atoms. The number of benzene rings is 9. The summed E-state index contributed by atoms with van der Waals surface area (Å²) < 4.78 is 2.35. The molecule has 65 heavy (non-hydrogen) atoms. The van der Waals surface area contributed by atoms with Gasteiger partial charge in [-0.15, -0.1) is 0 Å². The van der Waals surface area contributed by atoms with Crippen molar-refractivity contribution in [2.75, 3.05) is 0 Å². The zero-order valence-corrected chi connectivity index (χ0v) is 35.1. The molecular formula is C59H38N6. The molecule has 9 aromatic carbocycles. The van der Waals surface area contributed by atoms with Gasteiger partial charge in [0.1, 0.15) is 0 Å². The van der Waals surface area contributed by atoms with Gasteiger partial charge in [0.25, 0.3) is 0 Å². The van der Waals surface area contributed by atoms with E-state index in [4.69, 9.17) is 24.9 Å². The highest BCUT2D eigenvalue weighted by Gasteiger charge is 2.19. The third-order valence-electron chi connectivity index (χ3n) is 12.0. The average Bonchev–Trinajstić information content (AvgIpc) is 3.74. The van der Waals surface area contributed by atoms with Gasteiger partial charge in [-0.3, -0.25) is 0 Å². The summed E-state index contributed by atoms with van der Waals surface area (Å²) in [6.07, 6.45) is 0. The van der Waals surface area contributed by atoms with Gasteiger partial charge in [0.05, 0.1) is 22.4 Å². The second kappa shape index (κ2) is 16.1. The molecule has 0 aliphatic rings. The van der Waals surface area contributed by atoms with E-state index < -0.39 is 0 Å². The predicted octanol–water partition coefficient (Wildman–Crippen LogP) is 14.6. The molecule has 3 heterocycles. The van der Waals surface area contributed by atoms with E-state index in [2.05, 4.69) is 168 Å². The number of aromatic nitrogens is 6. The second-order valence-corrected chi connectivity index (χ2v) is 16.1. The Bertz CT molecular complexity index is 3640. The van der Waals surface area contributed by atoms with Crippen molar-refractivity contribution in [2.24, 2.45) is 0 Å². The summed E-state index contributed by atoms with van der Waals surface area (Å²) in [6.45, 7) is 0. The van der Waals surface area contributed by atoms with Crippen molar-refractivity contribution in [1.29, 1.82) is 0 Å². The van der Waals surface area contributed by atoms with Gasteiger partial charge in [-0.05, 0) is 76.5 Å². The highest BCUT2D eigenvalue weighted by molar-refractivity contribution is 6.21. The first-order chi connectivity index (χ1) is 32.2. The van der Waals surface area contributed by atoms with Crippen LogP contribution in [-0.4, -0.2) is 29.5 Å². The monoisotopic (exact) mass is 830 g/mol. The van der Waals surface area contributed by atoms with E-state index >= 15 is 0 Å². The van der Waals surface area contributed by atoms with Gasteiger partial charge in [-0.2, -0.15) is 0 Å². The van der Waals surface area contributed by atoms with Crippen molar-refractivity contribution in [2.45, 2.75) is 0 Å². The molecule has 0 spiro atoms. The quantitative estimate of drug-likeness (QED) is 0.153. The second-order valence-electron chi connectivity index (χ2n) is 16.1. The lowest BCUT2D eigenvalue weighted by atomic mass is 9.99. The highest BCUT2D eigenvalue weighted by Crippen LogP contribution is 2.39. The molecule has 12 rings (SSSR count). The van der Waals surface area contributed by atoms with Crippen LogP contribution >= 0.6 is 0 Å². The van der Waals surface area contributed by atoms with E-state index in [-0.39, 0.29) is 0 Å². The first-order valence-electron chi connectivity index (χ1n) is 21.7. The Balaban J connectivity index is 0.981. The van der Waals surface area contributed by atoms with Crippen LogP contribution in [0.25, 0.3) is 117 Å². The molecule has 0 unspecified atom stereocenters. The van der Waals surface area contributed by atoms with Crippen molar-refractivity contribution in [3.63, 3.8) is 0 Å². The molecule has 6 heteroatoms. The molecule has 0 fully saturated rings. The van der Waals surface area contributed by atoms with E-state index in [1.54, 1.807) is 0 Å². The van der Waals surface area contributed by atoms with E-state index in [1.165, 1.54) is 16.2 Å². The first-order valence-corrected chi connectivity index (χ1v) is 21.7. The van der Waals surface area contributed by atoms with Crippen molar-refractivity contribution in [3.8, 4) is 84.9 Å². The Labute approximate surface area is 375 Å². The zero-order chi connectivity index (χ0) is 43.1. The minimum absolute atomic E-state index is 0.597. The minimum atomic E-state index is 0.597. The number of rotatable bonds is 8. The van der Waals surface area contributed by atoms with Gasteiger partial charge in [0.15, 0.2) is 23.3 Å². The lowest BCUT2D eigenvalue weighted by Crippen LogP contribution is -2.00. The highest BCUT2D eigenvalue weighted by atomic mass is 15.0. The molecule has 0 aliphatic carbocycles. The number of hydrogen-bond acceptors (Lipinski definition) is 5. The van der Waals surface area contributed by atoms with Crippen LogP contribution in [0, 0.1) is 0 Å². The van der Waals surface area contributed by atoms with Gasteiger partial charge in [-0.1, -0.05) is 176 Å². The Hall–Kier alpha value is -8.87. The molecule has 0 saturated heterocycles. The average molecular weight is 831 g/mol. The fourth-order valence-corrected chi connectivity index (χ4v) is 8.90. The maximum absolute atomic E-state index is 5.24. The summed E-state index contributed by atoms with van der Waals surface area (Å²) in [7, 11) is 0. The maximum Gasteiger partial charge on any atom is 0.164 e. The van der Waals surface area contributed by atoms with Gasteiger partial charge in [0.2, 0.25) is 0 Å². The van der Waals surface area contributed by atoms with Crippen LogP contribution in [0.1, 0.15) is 0 Å². The van der Waals surface area contributed by atoms with E-state index in [0.29, 0.717) is 23.3 Å². The third-order valence-corrected chi connectivity index (χ3v) is 12.0. The molecule has 0 radical (unpaired) electrons. The molecule has 6 nitrogen and oxygen atoms in total. The fourth-order valence-electron chi connectivity index (χ4n) is 8.90. The molecule has 0 aliphatic heterocycles. The van der Waals surface area contributed by atoms with Crippen LogP contribution < -0.4 is 0 Å². The van der Waals surface area contributed by atoms with E-state index in [9.17, 15) is 0 Å². The summed E-state index contributed by atoms with van der Waals surface area (Å²) >= 11 is 0. The summed E-state index contributed by atoms with van der Waals surface area (Å²) in [5.74, 6) is 2.50. The number of para-hydroxylation sites is 1. The van der Waals surface area contributed by atoms with Crippen molar-refractivity contribution in [1.82, 2.24) is 29.5 Å². The Morgan fingerprint density at radius 2 is 0.723 bits per heavy atom. The van der Waals surface area contributed by atoms with Gasteiger partial charge >= 0.3 is 0 Å². The molecular weight excluding hydrogens is 793 g/mol. The van der Waals surface area contributed by atoms with Crippen LogP contribution in [0.2, 0.25) is 0 Å². The van der Waals surface area contributed by atoms with Crippen molar-refractivity contribution < 1.29 is 0 Å². The van der Waals surface area contributed by atoms with Crippen LogP contribution in [-0.2, 0) is 0 Å². The van der Waals surface area contributed by atoms with Crippen LogP contribution in [0.3, 0.4) is 0 Å². The molecule has 0 N–H and O–H groups in total. The molecule has 0 saturated carbocycles. The Morgan fingerprint density at radius 3 is 1.38 bits per heavy atom. The normalized spacial score (nSPS) is 11.4. The zero-order valence-electron chi connectivity index (χ0n) is 35.1.